The van der Waals surface area contributed by atoms with Gasteiger partial charge in [-0.15, -0.1) is 11.3 Å². The van der Waals surface area contributed by atoms with E-state index in [1.807, 2.05) is 18.2 Å². The lowest BCUT2D eigenvalue weighted by Crippen LogP contribution is -2.35. The van der Waals surface area contributed by atoms with Crippen molar-refractivity contribution in [3.63, 3.8) is 0 Å². The fraction of sp³-hybridized carbons (Fsp3) is 0.357. The molecule has 3 rings (SSSR count). The number of hydrogen-bond donors (Lipinski definition) is 1. The van der Waals surface area contributed by atoms with Gasteiger partial charge in [-0.1, -0.05) is 6.07 Å². The molecule has 0 bridgehead atoms. The summed E-state index contributed by atoms with van der Waals surface area (Å²) in [6.45, 7) is 3.60. The minimum absolute atomic E-state index is 0.132. The van der Waals surface area contributed by atoms with Crippen molar-refractivity contribution in [3.05, 3.63) is 35.0 Å². The summed E-state index contributed by atoms with van der Waals surface area (Å²) in [6.07, 6.45) is 1.68. The first-order chi connectivity index (χ1) is 10.2. The molecule has 2 aromatic heterocycles. The van der Waals surface area contributed by atoms with Crippen LogP contribution in [0, 0.1) is 0 Å². The first-order valence-electron chi connectivity index (χ1n) is 6.68. The van der Waals surface area contributed by atoms with E-state index < -0.39 is 5.97 Å². The Morgan fingerprint density at radius 1 is 1.38 bits per heavy atom. The number of nitrogens with zero attached hydrogens (tertiary/aromatic N) is 3. The summed E-state index contributed by atoms with van der Waals surface area (Å²) in [7, 11) is 0. The van der Waals surface area contributed by atoms with Gasteiger partial charge >= 0.3 is 5.97 Å². The molecule has 2 aromatic rings. The van der Waals surface area contributed by atoms with Crippen molar-refractivity contribution in [2.75, 3.05) is 26.3 Å². The number of hydrogen-bond acceptors (Lipinski definition) is 6. The number of carbonyl (C=O) groups is 1. The van der Waals surface area contributed by atoms with Gasteiger partial charge in [-0.05, 0) is 12.1 Å². The number of aromatic carboxylic acids is 1. The zero-order valence-electron chi connectivity index (χ0n) is 11.4. The number of carboxylic acid groups (broad SMARTS) is 1. The van der Waals surface area contributed by atoms with Gasteiger partial charge in [0.05, 0.1) is 23.8 Å². The molecule has 21 heavy (non-hydrogen) atoms. The maximum atomic E-state index is 11.4. The van der Waals surface area contributed by atoms with Gasteiger partial charge in [0.15, 0.2) is 5.69 Å². The van der Waals surface area contributed by atoms with E-state index in [2.05, 4.69) is 14.9 Å². The van der Waals surface area contributed by atoms with E-state index in [9.17, 15) is 9.90 Å². The van der Waals surface area contributed by atoms with Crippen LogP contribution in [0.2, 0.25) is 0 Å². The van der Waals surface area contributed by atoms with E-state index in [0.29, 0.717) is 30.5 Å². The Labute approximate surface area is 126 Å². The Morgan fingerprint density at radius 3 is 2.86 bits per heavy atom. The van der Waals surface area contributed by atoms with Crippen LogP contribution in [-0.2, 0) is 11.3 Å². The van der Waals surface area contributed by atoms with Crippen LogP contribution in [0.5, 0.6) is 0 Å². The Morgan fingerprint density at radius 2 is 2.19 bits per heavy atom. The summed E-state index contributed by atoms with van der Waals surface area (Å²) < 4.78 is 5.31. The summed E-state index contributed by atoms with van der Waals surface area (Å²) in [5.41, 5.74) is 0.838. The fourth-order valence-corrected chi connectivity index (χ4v) is 3.26. The van der Waals surface area contributed by atoms with Crippen molar-refractivity contribution in [2.45, 2.75) is 6.54 Å². The molecule has 0 saturated carbocycles. The second-order valence-corrected chi connectivity index (χ2v) is 5.78. The molecular weight excluding hydrogens is 290 g/mol. The molecule has 110 valence electrons. The number of morpholine rings is 1. The normalized spacial score (nSPS) is 16.0. The predicted molar refractivity (Wildman–Crippen MR) is 78.4 cm³/mol. The van der Waals surface area contributed by atoms with Crippen LogP contribution < -0.4 is 0 Å². The minimum atomic E-state index is -0.989. The largest absolute Gasteiger partial charge is 0.476 e. The number of ether oxygens (including phenoxy) is 1. The maximum Gasteiger partial charge on any atom is 0.355 e. The molecule has 3 heterocycles. The standard InChI is InChI=1S/C14H15N3O3S/c18-14(19)12-11(9-17-5-7-20-8-6-17)21-13(16-12)10-3-1-2-4-15-10/h1-4H,5-9H2,(H,18,19). The first-order valence-corrected chi connectivity index (χ1v) is 7.50. The molecule has 1 fully saturated rings. The van der Waals surface area contributed by atoms with Crippen molar-refractivity contribution >= 4 is 17.3 Å². The van der Waals surface area contributed by atoms with E-state index in [1.165, 1.54) is 11.3 Å². The average Bonchev–Trinajstić information content (AvgIpc) is 2.93. The summed E-state index contributed by atoms with van der Waals surface area (Å²) in [5.74, 6) is -0.989. The topological polar surface area (TPSA) is 75.5 Å². The third-order valence-corrected chi connectivity index (χ3v) is 4.32. The maximum absolute atomic E-state index is 11.4. The summed E-state index contributed by atoms with van der Waals surface area (Å²) in [6, 6.07) is 5.53. The van der Waals surface area contributed by atoms with Gasteiger partial charge in [-0.2, -0.15) is 0 Å². The van der Waals surface area contributed by atoms with E-state index in [-0.39, 0.29) is 5.69 Å². The Kier molecular flexibility index (Phi) is 4.23. The summed E-state index contributed by atoms with van der Waals surface area (Å²) in [5, 5.41) is 9.99. The Hall–Kier alpha value is -1.83. The van der Waals surface area contributed by atoms with Gasteiger partial charge in [0.2, 0.25) is 0 Å². The van der Waals surface area contributed by atoms with Crippen LogP contribution in [0.3, 0.4) is 0 Å². The third-order valence-electron chi connectivity index (χ3n) is 3.25. The molecule has 0 amide bonds. The van der Waals surface area contributed by atoms with Gasteiger partial charge in [0, 0.05) is 25.8 Å². The molecule has 6 nitrogen and oxygen atoms in total. The van der Waals surface area contributed by atoms with Crippen molar-refractivity contribution < 1.29 is 14.6 Å². The van der Waals surface area contributed by atoms with Gasteiger partial charge in [0.1, 0.15) is 5.01 Å². The molecule has 0 radical (unpaired) electrons. The van der Waals surface area contributed by atoms with Crippen molar-refractivity contribution in [2.24, 2.45) is 0 Å². The molecule has 7 heteroatoms. The van der Waals surface area contributed by atoms with E-state index in [0.717, 1.165) is 18.0 Å². The number of rotatable bonds is 4. The number of pyridine rings is 1. The fourth-order valence-electron chi connectivity index (χ4n) is 2.19. The molecule has 1 aliphatic rings. The summed E-state index contributed by atoms with van der Waals surface area (Å²) >= 11 is 1.40. The van der Waals surface area contributed by atoms with E-state index >= 15 is 0 Å². The number of aromatic nitrogens is 2. The molecule has 0 atom stereocenters. The van der Waals surface area contributed by atoms with Crippen LogP contribution in [-0.4, -0.2) is 52.2 Å². The van der Waals surface area contributed by atoms with Crippen LogP contribution in [0.25, 0.3) is 10.7 Å². The second-order valence-electron chi connectivity index (χ2n) is 4.70. The lowest BCUT2D eigenvalue weighted by atomic mass is 10.3. The second kappa shape index (κ2) is 6.30. The summed E-state index contributed by atoms with van der Waals surface area (Å²) in [4.78, 5) is 22.8. The van der Waals surface area contributed by atoms with Gasteiger partial charge in [0.25, 0.3) is 0 Å². The average molecular weight is 305 g/mol. The van der Waals surface area contributed by atoms with Gasteiger partial charge < -0.3 is 9.84 Å². The molecule has 0 aliphatic carbocycles. The van der Waals surface area contributed by atoms with Crippen LogP contribution in [0.1, 0.15) is 15.4 Å². The molecule has 1 saturated heterocycles. The molecule has 0 spiro atoms. The lowest BCUT2D eigenvalue weighted by Gasteiger charge is -2.25. The monoisotopic (exact) mass is 305 g/mol. The highest BCUT2D eigenvalue weighted by Gasteiger charge is 2.21. The van der Waals surface area contributed by atoms with Crippen LogP contribution in [0.4, 0.5) is 0 Å². The quantitative estimate of drug-likeness (QED) is 0.927. The SMILES string of the molecule is O=C(O)c1nc(-c2ccccn2)sc1CN1CCOCC1. The van der Waals surface area contributed by atoms with Gasteiger partial charge in [-0.3, -0.25) is 9.88 Å². The lowest BCUT2D eigenvalue weighted by molar-refractivity contribution is 0.0343. The first kappa shape index (κ1) is 14.1. The highest BCUT2D eigenvalue weighted by atomic mass is 32.1. The number of thiazole rings is 1. The Balaban J connectivity index is 1.88. The van der Waals surface area contributed by atoms with Gasteiger partial charge in [-0.25, -0.2) is 9.78 Å². The molecule has 1 aliphatic heterocycles. The predicted octanol–water partition coefficient (Wildman–Crippen LogP) is 1.74. The van der Waals surface area contributed by atoms with Crippen molar-refractivity contribution in [1.82, 2.24) is 14.9 Å². The third kappa shape index (κ3) is 3.26. The molecule has 0 unspecified atom stereocenters. The minimum Gasteiger partial charge on any atom is -0.476 e. The molecule has 1 N–H and O–H groups in total. The van der Waals surface area contributed by atoms with Crippen LogP contribution in [0.15, 0.2) is 24.4 Å². The Bertz CT molecular complexity index is 624. The molecule has 0 aromatic carbocycles. The smallest absolute Gasteiger partial charge is 0.355 e. The highest BCUT2D eigenvalue weighted by molar-refractivity contribution is 7.15. The highest BCUT2D eigenvalue weighted by Crippen LogP contribution is 2.28. The van der Waals surface area contributed by atoms with E-state index in [1.54, 1.807) is 6.20 Å². The van der Waals surface area contributed by atoms with Crippen molar-refractivity contribution in [1.29, 1.82) is 0 Å². The zero-order valence-corrected chi connectivity index (χ0v) is 12.2. The zero-order chi connectivity index (χ0) is 14.7. The number of carboxylic acids is 1. The van der Waals surface area contributed by atoms with E-state index in [4.69, 9.17) is 4.74 Å². The molecular formula is C14H15N3O3S. The van der Waals surface area contributed by atoms with Crippen molar-refractivity contribution in [3.8, 4) is 10.7 Å². The van der Waals surface area contributed by atoms with Crippen LogP contribution >= 0.6 is 11.3 Å².